The number of para-hydroxylation sites is 1. The average molecular weight is 243 g/mol. The summed E-state index contributed by atoms with van der Waals surface area (Å²) in [6, 6.07) is 8.07. The molecule has 1 radical (unpaired) electrons. The van der Waals surface area contributed by atoms with Crippen molar-refractivity contribution in [2.75, 3.05) is 0 Å². The minimum atomic E-state index is 0.553. The molecule has 3 nitrogen and oxygen atoms in total. The minimum absolute atomic E-state index is 0.553. The van der Waals surface area contributed by atoms with Gasteiger partial charge in [0.25, 0.3) is 0 Å². The summed E-state index contributed by atoms with van der Waals surface area (Å²) in [6.45, 7) is 0. The Labute approximate surface area is 104 Å². The number of thiocarbonyl (C=S) groups is 1. The molecule has 1 aliphatic heterocycles. The molecule has 0 aliphatic carbocycles. The van der Waals surface area contributed by atoms with Crippen molar-refractivity contribution in [2.45, 2.75) is 12.8 Å². The van der Waals surface area contributed by atoms with E-state index in [-0.39, 0.29) is 0 Å². The third-order valence-corrected chi connectivity index (χ3v) is 3.03. The lowest BCUT2D eigenvalue weighted by Crippen LogP contribution is -2.15. The molecule has 1 aromatic carbocycles. The molecular formula is C13H11N2OS. The van der Waals surface area contributed by atoms with Crippen molar-refractivity contribution in [3.05, 3.63) is 48.0 Å². The van der Waals surface area contributed by atoms with Crippen molar-refractivity contribution in [1.29, 1.82) is 0 Å². The number of aryl methyl sites for hydroxylation is 1. The summed E-state index contributed by atoms with van der Waals surface area (Å²) in [4.78, 5) is 0. The Morgan fingerprint density at radius 3 is 2.94 bits per heavy atom. The third kappa shape index (κ3) is 2.03. The molecule has 2 heterocycles. The van der Waals surface area contributed by atoms with Gasteiger partial charge in [0.05, 0.1) is 12.0 Å². The SMILES string of the molecule is S=C1[N]C(CCc2coc3ccccc23)=CN1. The fourth-order valence-corrected chi connectivity index (χ4v) is 2.13. The Morgan fingerprint density at radius 2 is 2.12 bits per heavy atom. The van der Waals surface area contributed by atoms with E-state index in [0.29, 0.717) is 5.11 Å². The zero-order valence-electron chi connectivity index (χ0n) is 9.14. The number of benzene rings is 1. The second-order valence-electron chi connectivity index (χ2n) is 3.95. The minimum Gasteiger partial charge on any atom is -0.464 e. The van der Waals surface area contributed by atoms with E-state index >= 15 is 0 Å². The Hall–Kier alpha value is -1.81. The molecule has 0 amide bonds. The molecule has 85 valence electrons. The largest absolute Gasteiger partial charge is 0.464 e. The summed E-state index contributed by atoms with van der Waals surface area (Å²) >= 11 is 4.94. The van der Waals surface area contributed by atoms with Gasteiger partial charge in [-0.1, -0.05) is 18.2 Å². The van der Waals surface area contributed by atoms with Crippen LogP contribution in [0.5, 0.6) is 0 Å². The summed E-state index contributed by atoms with van der Waals surface area (Å²) in [5.74, 6) is 0. The van der Waals surface area contributed by atoms with Crippen LogP contribution in [0.25, 0.3) is 11.0 Å². The van der Waals surface area contributed by atoms with Gasteiger partial charge in [-0.25, -0.2) is 5.32 Å². The van der Waals surface area contributed by atoms with Crippen LogP contribution < -0.4 is 10.6 Å². The molecule has 1 aliphatic rings. The maximum atomic E-state index is 5.49. The molecule has 0 saturated heterocycles. The number of hydrogen-bond acceptors (Lipinski definition) is 2. The van der Waals surface area contributed by atoms with Crippen molar-refractivity contribution in [2.24, 2.45) is 0 Å². The number of furan rings is 1. The van der Waals surface area contributed by atoms with Crippen molar-refractivity contribution in [1.82, 2.24) is 10.6 Å². The van der Waals surface area contributed by atoms with Gasteiger partial charge in [-0.2, -0.15) is 0 Å². The van der Waals surface area contributed by atoms with Gasteiger partial charge in [-0.15, -0.1) is 0 Å². The Bertz CT molecular complexity index is 600. The summed E-state index contributed by atoms with van der Waals surface area (Å²) in [5, 5.41) is 8.87. The lowest BCUT2D eigenvalue weighted by molar-refractivity contribution is 0.609. The highest BCUT2D eigenvalue weighted by atomic mass is 32.1. The first kappa shape index (κ1) is 10.4. The average Bonchev–Trinajstić information content (AvgIpc) is 2.93. The van der Waals surface area contributed by atoms with E-state index in [9.17, 15) is 0 Å². The van der Waals surface area contributed by atoms with Gasteiger partial charge in [0.1, 0.15) is 5.58 Å². The molecule has 0 atom stereocenters. The topological polar surface area (TPSA) is 39.3 Å². The van der Waals surface area contributed by atoms with Gasteiger partial charge in [-0.05, 0) is 36.7 Å². The van der Waals surface area contributed by atoms with Crippen LogP contribution in [-0.2, 0) is 6.42 Å². The van der Waals surface area contributed by atoms with Gasteiger partial charge in [-0.3, -0.25) is 0 Å². The fourth-order valence-electron chi connectivity index (χ4n) is 1.96. The Kier molecular flexibility index (Phi) is 2.57. The van der Waals surface area contributed by atoms with Gasteiger partial charge in [0.2, 0.25) is 0 Å². The fraction of sp³-hybridized carbons (Fsp3) is 0.154. The van der Waals surface area contributed by atoms with E-state index in [1.165, 1.54) is 10.9 Å². The first-order chi connectivity index (χ1) is 8.33. The van der Waals surface area contributed by atoms with Crippen LogP contribution in [0.1, 0.15) is 12.0 Å². The van der Waals surface area contributed by atoms with Crippen LogP contribution in [-0.4, -0.2) is 5.11 Å². The maximum absolute atomic E-state index is 5.49. The number of nitrogens with one attached hydrogen (secondary N) is 1. The van der Waals surface area contributed by atoms with Crippen LogP contribution in [0.3, 0.4) is 0 Å². The molecule has 0 fully saturated rings. The molecule has 17 heavy (non-hydrogen) atoms. The highest BCUT2D eigenvalue weighted by Crippen LogP contribution is 2.22. The molecule has 0 spiro atoms. The second kappa shape index (κ2) is 4.22. The van der Waals surface area contributed by atoms with Crippen LogP contribution >= 0.6 is 12.2 Å². The molecule has 0 saturated carbocycles. The molecule has 2 aromatic rings. The molecule has 0 unspecified atom stereocenters. The number of hydrogen-bond donors (Lipinski definition) is 1. The van der Waals surface area contributed by atoms with Crippen molar-refractivity contribution in [3.63, 3.8) is 0 Å². The van der Waals surface area contributed by atoms with Crippen molar-refractivity contribution >= 4 is 28.3 Å². The van der Waals surface area contributed by atoms with Crippen molar-refractivity contribution in [3.8, 4) is 0 Å². The molecule has 4 heteroatoms. The molecule has 1 aromatic heterocycles. The van der Waals surface area contributed by atoms with E-state index in [4.69, 9.17) is 16.6 Å². The smallest absolute Gasteiger partial charge is 0.197 e. The first-order valence-electron chi connectivity index (χ1n) is 5.49. The van der Waals surface area contributed by atoms with E-state index in [1.807, 2.05) is 30.7 Å². The van der Waals surface area contributed by atoms with Gasteiger partial charge < -0.3 is 9.73 Å². The third-order valence-electron chi connectivity index (χ3n) is 2.82. The number of fused-ring (bicyclic) bond motifs is 1. The maximum Gasteiger partial charge on any atom is 0.197 e. The highest BCUT2D eigenvalue weighted by molar-refractivity contribution is 7.80. The lowest BCUT2D eigenvalue weighted by atomic mass is 10.1. The highest BCUT2D eigenvalue weighted by Gasteiger charge is 2.11. The standard InChI is InChI=1S/C13H11N2OS/c17-13-14-7-10(15-13)6-5-9-8-16-12-4-2-1-3-11(9)12/h1-4,7-8H,5-6H2,(H,14,17). The van der Waals surface area contributed by atoms with E-state index < -0.39 is 0 Å². The Morgan fingerprint density at radius 1 is 1.24 bits per heavy atom. The van der Waals surface area contributed by atoms with E-state index in [1.54, 1.807) is 0 Å². The molecule has 0 bridgehead atoms. The first-order valence-corrected chi connectivity index (χ1v) is 5.90. The molecular weight excluding hydrogens is 232 g/mol. The summed E-state index contributed by atoms with van der Waals surface area (Å²) in [7, 11) is 0. The van der Waals surface area contributed by atoms with Gasteiger partial charge in [0, 0.05) is 11.6 Å². The zero-order chi connectivity index (χ0) is 11.7. The van der Waals surface area contributed by atoms with Gasteiger partial charge >= 0.3 is 0 Å². The van der Waals surface area contributed by atoms with E-state index in [2.05, 4.69) is 16.7 Å². The lowest BCUT2D eigenvalue weighted by Gasteiger charge is -1.99. The van der Waals surface area contributed by atoms with Crippen LogP contribution in [0.2, 0.25) is 0 Å². The Balaban J connectivity index is 1.75. The quantitative estimate of drug-likeness (QED) is 0.842. The van der Waals surface area contributed by atoms with Crippen molar-refractivity contribution < 1.29 is 4.42 Å². The van der Waals surface area contributed by atoms with Gasteiger partial charge in [0.15, 0.2) is 5.11 Å². The summed E-state index contributed by atoms with van der Waals surface area (Å²) in [6.07, 6.45) is 5.48. The van der Waals surface area contributed by atoms with Crippen LogP contribution in [0, 0.1) is 0 Å². The van der Waals surface area contributed by atoms with Crippen LogP contribution in [0.4, 0.5) is 0 Å². The van der Waals surface area contributed by atoms with Crippen LogP contribution in [0.15, 0.2) is 46.8 Å². The molecule has 1 N–H and O–H groups in total. The predicted octanol–water partition coefficient (Wildman–Crippen LogP) is 2.70. The number of allylic oxidation sites excluding steroid dienone is 1. The molecule has 3 rings (SSSR count). The monoisotopic (exact) mass is 243 g/mol. The summed E-state index contributed by atoms with van der Waals surface area (Å²) in [5.41, 5.74) is 3.16. The summed E-state index contributed by atoms with van der Waals surface area (Å²) < 4.78 is 5.49. The predicted molar refractivity (Wildman–Crippen MR) is 70.5 cm³/mol. The van der Waals surface area contributed by atoms with E-state index in [0.717, 1.165) is 24.1 Å². The normalized spacial score (nSPS) is 14.6. The number of nitrogens with zero attached hydrogens (tertiary/aromatic N) is 1. The number of rotatable bonds is 3. The zero-order valence-corrected chi connectivity index (χ0v) is 9.96. The second-order valence-corrected chi connectivity index (χ2v) is 4.34.